The SMILES string of the molecule is Oc1ccc2c3[nH]c(c2c1O)N=c1[nH]c(c2ccccc12)=Nc1[nH]c(c2ccccc12)N=c1[nH]c(c2ccccc12)=N3. The van der Waals surface area contributed by atoms with Crippen molar-refractivity contribution in [3.63, 3.8) is 0 Å². The Labute approximate surface area is 234 Å². The molecule has 1 aliphatic rings. The van der Waals surface area contributed by atoms with E-state index in [1.807, 2.05) is 72.8 Å². The lowest BCUT2D eigenvalue weighted by Gasteiger charge is -1.99. The monoisotopic (exact) mass is 548 g/mol. The molecule has 200 valence electrons. The van der Waals surface area contributed by atoms with Gasteiger partial charge in [-0.15, -0.1) is 0 Å². The molecule has 9 rings (SSSR count). The highest BCUT2D eigenvalue weighted by molar-refractivity contribution is 6.05. The molecule has 0 amide bonds. The van der Waals surface area contributed by atoms with E-state index in [4.69, 9.17) is 20.0 Å². The first-order chi connectivity index (χ1) is 20.6. The summed E-state index contributed by atoms with van der Waals surface area (Å²) >= 11 is 0. The molecule has 8 aromatic rings. The van der Waals surface area contributed by atoms with E-state index in [9.17, 15) is 10.2 Å². The molecule has 4 aromatic heterocycles. The van der Waals surface area contributed by atoms with Crippen LogP contribution in [-0.4, -0.2) is 30.1 Å². The van der Waals surface area contributed by atoms with Crippen LogP contribution in [0.2, 0.25) is 0 Å². The highest BCUT2D eigenvalue weighted by Gasteiger charge is 2.18. The summed E-state index contributed by atoms with van der Waals surface area (Å²) < 4.78 is 0. The Balaban J connectivity index is 1.52. The molecule has 6 N–H and O–H groups in total. The molecule has 4 aromatic carbocycles. The second kappa shape index (κ2) is 8.18. The molecule has 0 atom stereocenters. The Morgan fingerprint density at radius 1 is 0.381 bits per heavy atom. The summed E-state index contributed by atoms with van der Waals surface area (Å²) in [5.41, 5.74) is 2.40. The molecule has 0 fully saturated rings. The molecule has 0 aliphatic carbocycles. The van der Waals surface area contributed by atoms with E-state index in [0.717, 1.165) is 32.3 Å². The van der Waals surface area contributed by atoms with Gasteiger partial charge < -0.3 is 30.1 Å². The maximum Gasteiger partial charge on any atom is 0.169 e. The number of hydrogen-bond donors (Lipinski definition) is 6. The molecule has 10 nitrogen and oxygen atoms in total. The van der Waals surface area contributed by atoms with E-state index >= 15 is 0 Å². The first kappa shape index (κ1) is 22.6. The van der Waals surface area contributed by atoms with E-state index in [1.54, 1.807) is 6.07 Å². The summed E-state index contributed by atoms with van der Waals surface area (Å²) in [6.45, 7) is 0. The molecular formula is C32H20N8O2. The Morgan fingerprint density at radius 2 is 0.762 bits per heavy atom. The standard InChI is InChI=1S/C32H20N8O2/c41-22-14-13-21-23(24(22)42)32-39-30-20-12-6-5-11-19(20)28(37-30)35-26-16-8-2-1-7-15(16)25(33-26)34-27-17-9-3-4-10-18(17)29(36-27)38-31(21)40-32/h1-14,41-42H,(H4,33,34,35,36,37,38,39,40). The molecule has 0 radical (unpaired) electrons. The maximum absolute atomic E-state index is 10.9. The second-order valence-corrected chi connectivity index (χ2v) is 10.2. The molecule has 0 spiro atoms. The molecular weight excluding hydrogens is 528 g/mol. The van der Waals surface area contributed by atoms with Gasteiger partial charge >= 0.3 is 0 Å². The van der Waals surface area contributed by atoms with Crippen molar-refractivity contribution in [1.29, 1.82) is 0 Å². The molecule has 0 saturated heterocycles. The summed E-state index contributed by atoms with van der Waals surface area (Å²) in [4.78, 5) is 33.4. The normalized spacial score (nSPS) is 12.8. The first-order valence-electron chi connectivity index (χ1n) is 13.4. The van der Waals surface area contributed by atoms with Crippen LogP contribution in [0.1, 0.15) is 0 Å². The molecule has 5 heterocycles. The van der Waals surface area contributed by atoms with Crippen LogP contribution in [0, 0.1) is 0 Å². The smallest absolute Gasteiger partial charge is 0.169 e. The molecule has 8 bridgehead atoms. The predicted octanol–water partition coefficient (Wildman–Crippen LogP) is 5.14. The minimum atomic E-state index is -0.278. The Morgan fingerprint density at radius 3 is 1.24 bits per heavy atom. The van der Waals surface area contributed by atoms with Gasteiger partial charge in [0.15, 0.2) is 11.5 Å². The Kier molecular flexibility index (Phi) is 4.41. The fourth-order valence-corrected chi connectivity index (χ4v) is 5.84. The minimum Gasteiger partial charge on any atom is -0.504 e. The maximum atomic E-state index is 10.9. The van der Waals surface area contributed by atoms with Gasteiger partial charge in [0.2, 0.25) is 0 Å². The largest absolute Gasteiger partial charge is 0.504 e. The van der Waals surface area contributed by atoms with Crippen molar-refractivity contribution in [2.24, 2.45) is 20.0 Å². The third-order valence-electron chi connectivity index (χ3n) is 7.80. The van der Waals surface area contributed by atoms with E-state index < -0.39 is 0 Å². The van der Waals surface area contributed by atoms with Crippen molar-refractivity contribution in [3.8, 4) is 11.5 Å². The van der Waals surface area contributed by atoms with Crippen LogP contribution in [0.4, 0.5) is 23.3 Å². The number of rotatable bonds is 0. The van der Waals surface area contributed by atoms with Gasteiger partial charge in [0, 0.05) is 37.7 Å². The molecule has 10 heteroatoms. The molecule has 0 saturated carbocycles. The number of hydrogen-bond acceptors (Lipinski definition) is 6. The first-order valence-corrected chi connectivity index (χ1v) is 13.4. The van der Waals surface area contributed by atoms with E-state index in [1.165, 1.54) is 6.07 Å². The van der Waals surface area contributed by atoms with Gasteiger partial charge in [0.1, 0.15) is 45.2 Å². The third kappa shape index (κ3) is 3.14. The van der Waals surface area contributed by atoms with Crippen molar-refractivity contribution >= 4 is 66.4 Å². The average molecular weight is 549 g/mol. The zero-order valence-corrected chi connectivity index (χ0v) is 21.8. The van der Waals surface area contributed by atoms with Crippen molar-refractivity contribution in [2.75, 3.05) is 0 Å². The molecule has 0 unspecified atom stereocenters. The van der Waals surface area contributed by atoms with Gasteiger partial charge in [0.05, 0.1) is 5.39 Å². The number of benzene rings is 4. The number of H-pyrrole nitrogens is 4. The van der Waals surface area contributed by atoms with Crippen molar-refractivity contribution in [1.82, 2.24) is 19.9 Å². The lowest BCUT2D eigenvalue weighted by molar-refractivity contribution is 0.408. The van der Waals surface area contributed by atoms with Crippen LogP contribution in [0.15, 0.2) is 105 Å². The van der Waals surface area contributed by atoms with Crippen LogP contribution >= 0.6 is 0 Å². The van der Waals surface area contributed by atoms with Crippen LogP contribution in [-0.2, 0) is 0 Å². The minimum absolute atomic E-state index is 0.247. The zero-order valence-electron chi connectivity index (χ0n) is 21.8. The predicted molar refractivity (Wildman–Crippen MR) is 160 cm³/mol. The quantitative estimate of drug-likeness (QED) is 0.145. The average Bonchev–Trinajstić information content (AvgIpc) is 3.74. The summed E-state index contributed by atoms with van der Waals surface area (Å²) in [6.07, 6.45) is 0. The number of nitrogens with zero attached hydrogens (tertiary/aromatic N) is 4. The summed E-state index contributed by atoms with van der Waals surface area (Å²) in [7, 11) is 0. The lowest BCUT2D eigenvalue weighted by atomic mass is 10.1. The van der Waals surface area contributed by atoms with Crippen molar-refractivity contribution in [3.05, 3.63) is 107 Å². The van der Waals surface area contributed by atoms with Crippen molar-refractivity contribution in [2.45, 2.75) is 0 Å². The highest BCUT2D eigenvalue weighted by Crippen LogP contribution is 2.43. The number of aromatic amines is 4. The summed E-state index contributed by atoms with van der Waals surface area (Å²) in [6, 6.07) is 26.9. The number of fused-ring (bicyclic) bond motifs is 20. The lowest BCUT2D eigenvalue weighted by Crippen LogP contribution is -2.10. The number of phenols is 2. The van der Waals surface area contributed by atoms with Gasteiger partial charge in [-0.1, -0.05) is 72.8 Å². The fourth-order valence-electron chi connectivity index (χ4n) is 5.84. The number of nitrogens with one attached hydrogen (secondary N) is 4. The number of phenolic OH excluding ortho intramolecular Hbond substituents is 2. The van der Waals surface area contributed by atoms with E-state index in [0.29, 0.717) is 56.0 Å². The topological polar surface area (TPSA) is 153 Å². The highest BCUT2D eigenvalue weighted by atomic mass is 16.3. The molecule has 42 heavy (non-hydrogen) atoms. The zero-order chi connectivity index (χ0) is 27.9. The summed E-state index contributed by atoms with van der Waals surface area (Å²) in [5.74, 6) is 1.62. The third-order valence-corrected chi connectivity index (χ3v) is 7.80. The van der Waals surface area contributed by atoms with Gasteiger partial charge in [-0.3, -0.25) is 0 Å². The summed E-state index contributed by atoms with van der Waals surface area (Å²) in [5, 5.41) is 27.7. The van der Waals surface area contributed by atoms with Crippen LogP contribution in [0.3, 0.4) is 0 Å². The van der Waals surface area contributed by atoms with E-state index in [-0.39, 0.29) is 11.5 Å². The van der Waals surface area contributed by atoms with Crippen molar-refractivity contribution < 1.29 is 10.2 Å². The Bertz CT molecular complexity index is 2670. The van der Waals surface area contributed by atoms with Gasteiger partial charge in [-0.25, -0.2) is 20.0 Å². The van der Waals surface area contributed by atoms with Gasteiger partial charge in [-0.05, 0) is 12.1 Å². The number of aromatic nitrogens is 4. The Hall–Kier alpha value is -6.16. The van der Waals surface area contributed by atoms with Gasteiger partial charge in [-0.2, -0.15) is 0 Å². The van der Waals surface area contributed by atoms with Crippen LogP contribution in [0.25, 0.3) is 43.1 Å². The van der Waals surface area contributed by atoms with Crippen LogP contribution in [0.5, 0.6) is 11.5 Å². The van der Waals surface area contributed by atoms with E-state index in [2.05, 4.69) is 19.9 Å². The number of aromatic hydroxyl groups is 2. The van der Waals surface area contributed by atoms with Crippen LogP contribution < -0.4 is 22.0 Å². The second-order valence-electron chi connectivity index (χ2n) is 10.2. The molecule has 1 aliphatic heterocycles. The fraction of sp³-hybridized carbons (Fsp3) is 0. The van der Waals surface area contributed by atoms with Gasteiger partial charge in [0.25, 0.3) is 0 Å².